The van der Waals surface area contributed by atoms with Gasteiger partial charge in [-0.1, -0.05) is 34.1 Å². The van der Waals surface area contributed by atoms with Crippen molar-refractivity contribution < 1.29 is 4.74 Å². The molecule has 4 heteroatoms. The van der Waals surface area contributed by atoms with Gasteiger partial charge in [-0.3, -0.25) is 4.98 Å². The average Bonchev–Trinajstić information content (AvgIpc) is 2.45. The molecule has 0 radical (unpaired) electrons. The van der Waals surface area contributed by atoms with E-state index in [9.17, 15) is 0 Å². The quantitative estimate of drug-likeness (QED) is 0.936. The molecule has 0 fully saturated rings. The molecular weight excluding hydrogens is 304 g/mol. The van der Waals surface area contributed by atoms with Crippen LogP contribution >= 0.6 is 15.9 Å². The zero-order valence-electron chi connectivity index (χ0n) is 11.3. The second-order valence-corrected chi connectivity index (χ2v) is 5.08. The molecule has 0 saturated carbocycles. The molecule has 2 aromatic rings. The number of rotatable bonds is 4. The summed E-state index contributed by atoms with van der Waals surface area (Å²) in [5.74, 6) is 0.787. The van der Waals surface area contributed by atoms with Crippen molar-refractivity contribution in [3.05, 3.63) is 57.8 Å². The van der Waals surface area contributed by atoms with Crippen LogP contribution in [0.25, 0.3) is 0 Å². The Hall–Kier alpha value is -1.39. The van der Waals surface area contributed by atoms with E-state index in [4.69, 9.17) is 4.74 Å². The first kappa shape index (κ1) is 14.0. The fourth-order valence-corrected chi connectivity index (χ4v) is 2.62. The summed E-state index contributed by atoms with van der Waals surface area (Å²) < 4.78 is 6.50. The Morgan fingerprint density at radius 1 is 1.26 bits per heavy atom. The number of methoxy groups -OCH3 is 1. The smallest absolute Gasteiger partial charge is 0.142 e. The maximum Gasteiger partial charge on any atom is 0.142 e. The summed E-state index contributed by atoms with van der Waals surface area (Å²) in [6, 6.07) is 10.0. The Morgan fingerprint density at radius 2 is 2.05 bits per heavy atom. The highest BCUT2D eigenvalue weighted by molar-refractivity contribution is 9.10. The summed E-state index contributed by atoms with van der Waals surface area (Å²) in [5, 5.41) is 3.30. The predicted molar refractivity (Wildman–Crippen MR) is 80.6 cm³/mol. The zero-order valence-corrected chi connectivity index (χ0v) is 12.9. The van der Waals surface area contributed by atoms with Gasteiger partial charge in [0.1, 0.15) is 11.4 Å². The number of halogens is 1. The molecule has 1 aromatic heterocycles. The Balaban J connectivity index is 2.53. The summed E-state index contributed by atoms with van der Waals surface area (Å²) in [6.45, 7) is 2.08. The van der Waals surface area contributed by atoms with Crippen molar-refractivity contribution in [2.24, 2.45) is 0 Å². The van der Waals surface area contributed by atoms with Crippen LogP contribution in [0.15, 0.2) is 41.0 Å². The summed E-state index contributed by atoms with van der Waals surface area (Å²) in [5.41, 5.74) is 3.24. The molecule has 0 amide bonds. The molecule has 0 bridgehead atoms. The summed E-state index contributed by atoms with van der Waals surface area (Å²) in [7, 11) is 3.59. The number of pyridine rings is 1. The van der Waals surface area contributed by atoms with Crippen LogP contribution in [0.5, 0.6) is 5.75 Å². The third-order valence-electron chi connectivity index (χ3n) is 3.11. The predicted octanol–water partition coefficient (Wildman–Crippen LogP) is 3.47. The van der Waals surface area contributed by atoms with E-state index in [0.717, 1.165) is 21.5 Å². The SMILES string of the molecule is CNC(c1cccc(C)c1Br)c1ncccc1OC. The molecule has 100 valence electrons. The van der Waals surface area contributed by atoms with Crippen LogP contribution in [0.3, 0.4) is 0 Å². The molecule has 1 unspecified atom stereocenters. The number of nitrogens with zero attached hydrogens (tertiary/aromatic N) is 1. The number of nitrogens with one attached hydrogen (secondary N) is 1. The first-order chi connectivity index (χ1) is 9.19. The zero-order chi connectivity index (χ0) is 13.8. The van der Waals surface area contributed by atoms with Crippen molar-refractivity contribution in [3.63, 3.8) is 0 Å². The second-order valence-electron chi connectivity index (χ2n) is 4.29. The third kappa shape index (κ3) is 2.80. The molecule has 1 N–H and O–H groups in total. The summed E-state index contributed by atoms with van der Waals surface area (Å²) in [6.07, 6.45) is 1.78. The van der Waals surface area contributed by atoms with Crippen LogP contribution in [0.1, 0.15) is 22.9 Å². The molecule has 2 rings (SSSR count). The summed E-state index contributed by atoms with van der Waals surface area (Å²) >= 11 is 3.66. The van der Waals surface area contributed by atoms with E-state index >= 15 is 0 Å². The van der Waals surface area contributed by atoms with E-state index in [1.165, 1.54) is 5.56 Å². The Labute approximate surface area is 122 Å². The van der Waals surface area contributed by atoms with Gasteiger partial charge in [-0.25, -0.2) is 0 Å². The van der Waals surface area contributed by atoms with E-state index in [-0.39, 0.29) is 6.04 Å². The first-order valence-electron chi connectivity index (χ1n) is 6.10. The molecule has 1 atom stereocenters. The number of aromatic nitrogens is 1. The van der Waals surface area contributed by atoms with E-state index in [2.05, 4.69) is 51.4 Å². The van der Waals surface area contributed by atoms with Gasteiger partial charge >= 0.3 is 0 Å². The number of aryl methyl sites for hydroxylation is 1. The van der Waals surface area contributed by atoms with Gasteiger partial charge in [-0.05, 0) is 37.2 Å². The van der Waals surface area contributed by atoms with Crippen LogP contribution < -0.4 is 10.1 Å². The van der Waals surface area contributed by atoms with Gasteiger partial charge in [0.05, 0.1) is 13.2 Å². The van der Waals surface area contributed by atoms with Crippen LogP contribution in [0.4, 0.5) is 0 Å². The lowest BCUT2D eigenvalue weighted by molar-refractivity contribution is 0.401. The van der Waals surface area contributed by atoms with Gasteiger partial charge in [0, 0.05) is 10.7 Å². The number of ether oxygens (including phenoxy) is 1. The van der Waals surface area contributed by atoms with Crippen molar-refractivity contribution in [1.82, 2.24) is 10.3 Å². The van der Waals surface area contributed by atoms with E-state index < -0.39 is 0 Å². The molecule has 0 saturated heterocycles. The van der Waals surface area contributed by atoms with Gasteiger partial charge in [0.15, 0.2) is 0 Å². The van der Waals surface area contributed by atoms with Crippen LogP contribution in [-0.4, -0.2) is 19.1 Å². The molecule has 1 aromatic carbocycles. The average molecular weight is 321 g/mol. The van der Waals surface area contributed by atoms with Gasteiger partial charge in [-0.2, -0.15) is 0 Å². The van der Waals surface area contributed by atoms with Gasteiger partial charge in [0.25, 0.3) is 0 Å². The van der Waals surface area contributed by atoms with Crippen LogP contribution in [-0.2, 0) is 0 Å². The molecule has 0 aliphatic carbocycles. The lowest BCUT2D eigenvalue weighted by atomic mass is 10.0. The van der Waals surface area contributed by atoms with Crippen molar-refractivity contribution in [2.75, 3.05) is 14.2 Å². The maximum atomic E-state index is 5.40. The van der Waals surface area contributed by atoms with Gasteiger partial charge < -0.3 is 10.1 Å². The van der Waals surface area contributed by atoms with Crippen molar-refractivity contribution >= 4 is 15.9 Å². The second kappa shape index (κ2) is 6.17. The molecule has 19 heavy (non-hydrogen) atoms. The van der Waals surface area contributed by atoms with Gasteiger partial charge in [-0.15, -0.1) is 0 Å². The highest BCUT2D eigenvalue weighted by Crippen LogP contribution is 2.33. The fraction of sp³-hybridized carbons (Fsp3) is 0.267. The molecular formula is C15H17BrN2O. The minimum absolute atomic E-state index is 0.00887. The van der Waals surface area contributed by atoms with Crippen LogP contribution in [0, 0.1) is 6.92 Å². The fourth-order valence-electron chi connectivity index (χ4n) is 2.12. The van der Waals surface area contributed by atoms with E-state index in [1.54, 1.807) is 13.3 Å². The molecule has 0 spiro atoms. The van der Waals surface area contributed by atoms with Gasteiger partial charge in [0.2, 0.25) is 0 Å². The molecule has 0 aliphatic heterocycles. The lowest BCUT2D eigenvalue weighted by Gasteiger charge is -2.20. The third-order valence-corrected chi connectivity index (χ3v) is 4.20. The maximum absolute atomic E-state index is 5.40. The normalized spacial score (nSPS) is 12.2. The topological polar surface area (TPSA) is 34.2 Å². The Kier molecular flexibility index (Phi) is 4.56. The summed E-state index contributed by atoms with van der Waals surface area (Å²) in [4.78, 5) is 4.46. The minimum atomic E-state index is -0.00887. The van der Waals surface area contributed by atoms with Crippen molar-refractivity contribution in [2.45, 2.75) is 13.0 Å². The van der Waals surface area contributed by atoms with Crippen LogP contribution in [0.2, 0.25) is 0 Å². The van der Waals surface area contributed by atoms with E-state index in [1.807, 2.05) is 19.2 Å². The van der Waals surface area contributed by atoms with E-state index in [0.29, 0.717) is 0 Å². The largest absolute Gasteiger partial charge is 0.495 e. The minimum Gasteiger partial charge on any atom is -0.495 e. The number of benzene rings is 1. The Bertz CT molecular complexity index is 572. The monoisotopic (exact) mass is 320 g/mol. The lowest BCUT2D eigenvalue weighted by Crippen LogP contribution is -2.20. The Morgan fingerprint density at radius 3 is 2.74 bits per heavy atom. The molecule has 1 heterocycles. The standard InChI is InChI=1S/C15H17BrN2O/c1-10-6-4-7-11(13(10)16)14(17-2)15-12(19-3)8-5-9-18-15/h4-9,14,17H,1-3H3. The van der Waals surface area contributed by atoms with Crippen molar-refractivity contribution in [1.29, 1.82) is 0 Å². The first-order valence-corrected chi connectivity index (χ1v) is 6.89. The number of hydrogen-bond donors (Lipinski definition) is 1. The molecule has 0 aliphatic rings. The highest BCUT2D eigenvalue weighted by Gasteiger charge is 2.20. The number of hydrogen-bond acceptors (Lipinski definition) is 3. The highest BCUT2D eigenvalue weighted by atomic mass is 79.9. The van der Waals surface area contributed by atoms with Crippen molar-refractivity contribution in [3.8, 4) is 5.75 Å². The molecule has 3 nitrogen and oxygen atoms in total.